The van der Waals surface area contributed by atoms with Gasteiger partial charge in [0.15, 0.2) is 0 Å². The van der Waals surface area contributed by atoms with Crippen molar-refractivity contribution in [2.45, 2.75) is 24.7 Å². The van der Waals surface area contributed by atoms with Gasteiger partial charge in [-0.25, -0.2) is 0 Å². The molecule has 0 bridgehead atoms. The first-order valence-electron chi connectivity index (χ1n) is 7.09. The van der Waals surface area contributed by atoms with E-state index >= 15 is 0 Å². The van der Waals surface area contributed by atoms with Gasteiger partial charge in [0.25, 0.3) is 5.91 Å². The van der Waals surface area contributed by atoms with Crippen LogP contribution >= 0.6 is 11.8 Å². The summed E-state index contributed by atoms with van der Waals surface area (Å²) in [6, 6.07) is 5.10. The van der Waals surface area contributed by atoms with E-state index in [1.165, 1.54) is 4.90 Å². The molecule has 0 spiro atoms. The molecule has 2 amide bonds. The zero-order valence-electron chi connectivity index (χ0n) is 12.3. The van der Waals surface area contributed by atoms with Crippen LogP contribution in [0.1, 0.15) is 30.1 Å². The number of carboxylic acids is 1. The minimum Gasteiger partial charge on any atom is -0.480 e. The molecule has 0 aliphatic carbocycles. The number of fused-ring (bicyclic) bond motifs is 1. The monoisotopic (exact) mass is 322 g/mol. The van der Waals surface area contributed by atoms with Crippen LogP contribution in [0.25, 0.3) is 0 Å². The SMILES string of the molecule is CCCN(CC(=O)O)C(=O)c1ccc2c(c1)NC(=O)CCS2. The highest BCUT2D eigenvalue weighted by Crippen LogP contribution is 2.31. The molecule has 1 aliphatic heterocycles. The van der Waals surface area contributed by atoms with Crippen LogP contribution < -0.4 is 5.32 Å². The number of thioether (sulfide) groups is 1. The number of carboxylic acid groups (broad SMARTS) is 1. The lowest BCUT2D eigenvalue weighted by Crippen LogP contribution is -2.36. The number of carbonyl (C=O) groups is 3. The third kappa shape index (κ3) is 4.00. The highest BCUT2D eigenvalue weighted by Gasteiger charge is 2.20. The molecule has 0 radical (unpaired) electrons. The topological polar surface area (TPSA) is 86.7 Å². The number of hydrogen-bond donors (Lipinski definition) is 2. The zero-order chi connectivity index (χ0) is 16.1. The molecule has 0 aromatic heterocycles. The van der Waals surface area contributed by atoms with Gasteiger partial charge in [0, 0.05) is 29.2 Å². The summed E-state index contributed by atoms with van der Waals surface area (Å²) in [4.78, 5) is 37.2. The Balaban J connectivity index is 2.25. The largest absolute Gasteiger partial charge is 0.480 e. The van der Waals surface area contributed by atoms with Crippen molar-refractivity contribution in [2.75, 3.05) is 24.2 Å². The van der Waals surface area contributed by atoms with Crippen LogP contribution in [0.2, 0.25) is 0 Å². The molecule has 0 unspecified atom stereocenters. The Bertz CT molecular complexity index is 603. The summed E-state index contributed by atoms with van der Waals surface area (Å²) in [5.41, 5.74) is 1.00. The Morgan fingerprint density at radius 2 is 2.18 bits per heavy atom. The Morgan fingerprint density at radius 1 is 1.41 bits per heavy atom. The lowest BCUT2D eigenvalue weighted by Gasteiger charge is -2.20. The van der Waals surface area contributed by atoms with E-state index in [4.69, 9.17) is 5.11 Å². The first-order valence-corrected chi connectivity index (χ1v) is 8.07. The Morgan fingerprint density at radius 3 is 2.86 bits per heavy atom. The van der Waals surface area contributed by atoms with Crippen molar-refractivity contribution in [2.24, 2.45) is 0 Å². The van der Waals surface area contributed by atoms with Crippen LogP contribution in [0.15, 0.2) is 23.1 Å². The van der Waals surface area contributed by atoms with Gasteiger partial charge in [0.2, 0.25) is 5.91 Å². The standard InChI is InChI=1S/C15H18N2O4S/c1-2-6-17(9-14(19)20)15(21)10-3-4-12-11(8-10)16-13(18)5-7-22-12/h3-4,8H,2,5-7,9H2,1H3,(H,16,18)(H,19,20). The number of rotatable bonds is 5. The molecule has 1 aromatic rings. The molecule has 0 fully saturated rings. The quantitative estimate of drug-likeness (QED) is 0.866. The Labute approximate surface area is 132 Å². The molecule has 6 nitrogen and oxygen atoms in total. The van der Waals surface area contributed by atoms with Gasteiger partial charge in [0.05, 0.1) is 5.69 Å². The fourth-order valence-corrected chi connectivity index (χ4v) is 3.16. The van der Waals surface area contributed by atoms with E-state index in [1.54, 1.807) is 30.0 Å². The van der Waals surface area contributed by atoms with Crippen LogP contribution in [0, 0.1) is 0 Å². The summed E-state index contributed by atoms with van der Waals surface area (Å²) in [5, 5.41) is 11.7. The number of hydrogen-bond acceptors (Lipinski definition) is 4. The second kappa shape index (κ2) is 7.31. The third-order valence-electron chi connectivity index (χ3n) is 3.19. The van der Waals surface area contributed by atoms with Crippen molar-refractivity contribution in [3.63, 3.8) is 0 Å². The number of aliphatic carboxylic acids is 1. The van der Waals surface area contributed by atoms with Gasteiger partial charge < -0.3 is 15.3 Å². The third-order valence-corrected chi connectivity index (χ3v) is 4.27. The minimum atomic E-state index is -1.04. The van der Waals surface area contributed by atoms with Crippen molar-refractivity contribution >= 4 is 35.2 Å². The molecule has 0 saturated carbocycles. The maximum absolute atomic E-state index is 12.5. The number of amides is 2. The van der Waals surface area contributed by atoms with E-state index in [2.05, 4.69) is 5.32 Å². The van der Waals surface area contributed by atoms with E-state index < -0.39 is 5.97 Å². The summed E-state index contributed by atoms with van der Waals surface area (Å²) in [5.74, 6) is -0.754. The summed E-state index contributed by atoms with van der Waals surface area (Å²) in [6.45, 7) is 1.93. The van der Waals surface area contributed by atoms with E-state index in [0.29, 0.717) is 36.4 Å². The van der Waals surface area contributed by atoms with Crippen molar-refractivity contribution < 1.29 is 19.5 Å². The van der Waals surface area contributed by atoms with Gasteiger partial charge in [-0.3, -0.25) is 14.4 Å². The van der Waals surface area contributed by atoms with Gasteiger partial charge >= 0.3 is 5.97 Å². The maximum atomic E-state index is 12.5. The number of carbonyl (C=O) groups excluding carboxylic acids is 2. The molecular formula is C15H18N2O4S. The van der Waals surface area contributed by atoms with E-state index in [9.17, 15) is 14.4 Å². The summed E-state index contributed by atoms with van der Waals surface area (Å²) < 4.78 is 0. The fourth-order valence-electron chi connectivity index (χ4n) is 2.22. The second-order valence-electron chi connectivity index (χ2n) is 4.98. The van der Waals surface area contributed by atoms with Gasteiger partial charge in [0.1, 0.15) is 6.54 Å². The van der Waals surface area contributed by atoms with Crippen molar-refractivity contribution in [1.29, 1.82) is 0 Å². The minimum absolute atomic E-state index is 0.0770. The predicted molar refractivity (Wildman–Crippen MR) is 84.2 cm³/mol. The smallest absolute Gasteiger partial charge is 0.323 e. The number of anilines is 1. The first-order chi connectivity index (χ1) is 10.5. The highest BCUT2D eigenvalue weighted by molar-refractivity contribution is 7.99. The molecule has 2 N–H and O–H groups in total. The van der Waals surface area contributed by atoms with Crippen LogP contribution in [0.5, 0.6) is 0 Å². The normalized spacial score (nSPS) is 13.8. The van der Waals surface area contributed by atoms with Crippen LogP contribution in [-0.4, -0.2) is 46.6 Å². The van der Waals surface area contributed by atoms with E-state index in [0.717, 1.165) is 4.90 Å². The molecule has 22 heavy (non-hydrogen) atoms. The Hall–Kier alpha value is -2.02. The second-order valence-corrected chi connectivity index (χ2v) is 6.11. The molecule has 0 atom stereocenters. The molecule has 0 saturated heterocycles. The molecule has 7 heteroatoms. The predicted octanol–water partition coefficient (Wildman–Crippen LogP) is 2.06. The van der Waals surface area contributed by atoms with Gasteiger partial charge in [-0.15, -0.1) is 11.8 Å². The maximum Gasteiger partial charge on any atom is 0.323 e. The highest BCUT2D eigenvalue weighted by atomic mass is 32.2. The zero-order valence-corrected chi connectivity index (χ0v) is 13.1. The summed E-state index contributed by atoms with van der Waals surface area (Å²) in [6.07, 6.45) is 1.11. The molecular weight excluding hydrogens is 304 g/mol. The molecule has 1 heterocycles. The van der Waals surface area contributed by atoms with Crippen LogP contribution in [0.4, 0.5) is 5.69 Å². The lowest BCUT2D eigenvalue weighted by molar-refractivity contribution is -0.137. The van der Waals surface area contributed by atoms with Crippen molar-refractivity contribution in [3.8, 4) is 0 Å². The van der Waals surface area contributed by atoms with Gasteiger partial charge in [-0.2, -0.15) is 0 Å². The molecule has 1 aliphatic rings. The molecule has 118 valence electrons. The lowest BCUT2D eigenvalue weighted by atomic mass is 10.1. The van der Waals surface area contributed by atoms with Crippen LogP contribution in [-0.2, 0) is 9.59 Å². The van der Waals surface area contributed by atoms with E-state index in [-0.39, 0.29) is 18.4 Å². The average molecular weight is 322 g/mol. The van der Waals surface area contributed by atoms with Gasteiger partial charge in [-0.05, 0) is 24.6 Å². The van der Waals surface area contributed by atoms with Crippen molar-refractivity contribution in [1.82, 2.24) is 4.90 Å². The number of nitrogens with one attached hydrogen (secondary N) is 1. The summed E-state index contributed by atoms with van der Waals surface area (Å²) in [7, 11) is 0. The molecule has 2 rings (SSSR count). The van der Waals surface area contributed by atoms with Crippen molar-refractivity contribution in [3.05, 3.63) is 23.8 Å². The molecule has 1 aromatic carbocycles. The van der Waals surface area contributed by atoms with Gasteiger partial charge in [-0.1, -0.05) is 6.92 Å². The number of nitrogens with zero attached hydrogens (tertiary/aromatic N) is 1. The summed E-state index contributed by atoms with van der Waals surface area (Å²) >= 11 is 1.56. The van der Waals surface area contributed by atoms with E-state index in [1.807, 2.05) is 6.92 Å². The average Bonchev–Trinajstić information content (AvgIpc) is 2.65. The Kier molecular flexibility index (Phi) is 5.43. The fraction of sp³-hybridized carbons (Fsp3) is 0.400. The first kappa shape index (κ1) is 16.4. The number of benzene rings is 1. The van der Waals surface area contributed by atoms with Crippen LogP contribution in [0.3, 0.4) is 0 Å².